The van der Waals surface area contributed by atoms with Crippen LogP contribution in [0.1, 0.15) is 12.5 Å². The molecule has 0 bridgehead atoms. The summed E-state index contributed by atoms with van der Waals surface area (Å²) < 4.78 is 0. The number of piperazine rings is 1. The minimum atomic E-state index is -1.36. The molecule has 134 valence electrons. The Morgan fingerprint density at radius 2 is 1.84 bits per heavy atom. The molecule has 1 aromatic carbocycles. The number of aromatic amines is 1. The zero-order valence-corrected chi connectivity index (χ0v) is 15.9. The van der Waals surface area contributed by atoms with Gasteiger partial charge in [-0.3, -0.25) is 9.59 Å². The highest BCUT2D eigenvalue weighted by Gasteiger charge is 2.55. The number of H-pyrrole nitrogens is 1. The fraction of sp³-hybridized carbons (Fsp3) is 0.412. The summed E-state index contributed by atoms with van der Waals surface area (Å²) in [6.07, 6.45) is 4.69. The highest BCUT2D eigenvalue weighted by atomic mass is 32.2. The smallest absolute Gasteiger partial charge is 0.260 e. The van der Waals surface area contributed by atoms with Crippen LogP contribution in [0, 0.1) is 0 Å². The third kappa shape index (κ3) is 2.82. The van der Waals surface area contributed by atoms with E-state index < -0.39 is 15.8 Å². The molecule has 1 saturated heterocycles. The van der Waals surface area contributed by atoms with Crippen molar-refractivity contribution in [3.05, 3.63) is 36.0 Å². The van der Waals surface area contributed by atoms with Crippen molar-refractivity contribution in [2.24, 2.45) is 0 Å². The van der Waals surface area contributed by atoms with Gasteiger partial charge in [0, 0.05) is 23.5 Å². The Kier molecular flexibility index (Phi) is 4.78. The van der Waals surface area contributed by atoms with Crippen molar-refractivity contribution in [3.63, 3.8) is 0 Å². The maximum absolute atomic E-state index is 13.0. The average molecular weight is 380 g/mol. The summed E-state index contributed by atoms with van der Waals surface area (Å²) in [6.45, 7) is 1.50. The van der Waals surface area contributed by atoms with Gasteiger partial charge >= 0.3 is 0 Å². The van der Waals surface area contributed by atoms with Gasteiger partial charge in [0.2, 0.25) is 0 Å². The zero-order chi connectivity index (χ0) is 18.2. The fourth-order valence-electron chi connectivity index (χ4n) is 3.15. The SMILES string of the molecule is CS[C@]1(Cc2c[nH]c3ccccc23)NC(=O)[C@@](SC)([C@@H](C)O)NC1=O. The molecule has 0 saturated carbocycles. The Morgan fingerprint density at radius 3 is 2.48 bits per heavy atom. The molecule has 1 aliphatic rings. The lowest BCUT2D eigenvalue weighted by molar-refractivity contribution is -0.142. The number of para-hydroxylation sites is 1. The first-order chi connectivity index (χ1) is 11.9. The molecule has 0 unspecified atom stereocenters. The number of rotatable bonds is 5. The Hall–Kier alpha value is -1.64. The van der Waals surface area contributed by atoms with Crippen LogP contribution in [-0.4, -0.2) is 50.3 Å². The number of amides is 2. The van der Waals surface area contributed by atoms with Crippen LogP contribution in [0.2, 0.25) is 0 Å². The van der Waals surface area contributed by atoms with Crippen molar-refractivity contribution in [1.29, 1.82) is 0 Å². The predicted octanol–water partition coefficient (Wildman–Crippen LogP) is 1.46. The van der Waals surface area contributed by atoms with Crippen LogP contribution >= 0.6 is 23.5 Å². The number of aromatic nitrogens is 1. The second kappa shape index (κ2) is 6.59. The molecule has 1 aliphatic heterocycles. The lowest BCUT2D eigenvalue weighted by atomic mass is 9.98. The van der Waals surface area contributed by atoms with Gasteiger partial charge in [0.25, 0.3) is 11.8 Å². The van der Waals surface area contributed by atoms with E-state index in [0.717, 1.165) is 28.2 Å². The molecule has 0 radical (unpaired) electrons. The summed E-state index contributed by atoms with van der Waals surface area (Å²) >= 11 is 2.41. The summed E-state index contributed by atoms with van der Waals surface area (Å²) in [5.41, 5.74) is 1.94. The minimum Gasteiger partial charge on any atom is -0.389 e. The number of hydrogen-bond acceptors (Lipinski definition) is 5. The van der Waals surface area contributed by atoms with E-state index in [1.165, 1.54) is 18.7 Å². The van der Waals surface area contributed by atoms with E-state index >= 15 is 0 Å². The van der Waals surface area contributed by atoms with Crippen molar-refractivity contribution >= 4 is 46.2 Å². The number of thioether (sulfide) groups is 2. The molecule has 2 heterocycles. The van der Waals surface area contributed by atoms with Gasteiger partial charge in [0.05, 0.1) is 6.10 Å². The molecule has 6 nitrogen and oxygen atoms in total. The van der Waals surface area contributed by atoms with E-state index in [-0.39, 0.29) is 11.8 Å². The molecule has 1 fully saturated rings. The molecular weight excluding hydrogens is 358 g/mol. The lowest BCUT2D eigenvalue weighted by Gasteiger charge is -2.45. The van der Waals surface area contributed by atoms with Crippen molar-refractivity contribution in [2.75, 3.05) is 12.5 Å². The second-order valence-corrected chi connectivity index (χ2v) is 8.25. The lowest BCUT2D eigenvalue weighted by Crippen LogP contribution is -2.76. The fourth-order valence-corrected chi connectivity index (χ4v) is 4.66. The van der Waals surface area contributed by atoms with Crippen molar-refractivity contribution in [2.45, 2.75) is 29.2 Å². The van der Waals surface area contributed by atoms with E-state index in [1.807, 2.05) is 30.5 Å². The number of aliphatic hydroxyl groups excluding tert-OH is 1. The van der Waals surface area contributed by atoms with Gasteiger partial charge in [0.1, 0.15) is 0 Å². The summed E-state index contributed by atoms with van der Waals surface area (Å²) in [7, 11) is 0. The predicted molar refractivity (Wildman–Crippen MR) is 102 cm³/mol. The third-order valence-electron chi connectivity index (χ3n) is 4.69. The van der Waals surface area contributed by atoms with Crippen LogP contribution in [0.25, 0.3) is 10.9 Å². The molecule has 3 rings (SSSR count). The molecule has 1 aromatic heterocycles. The van der Waals surface area contributed by atoms with Crippen LogP contribution in [0.5, 0.6) is 0 Å². The van der Waals surface area contributed by atoms with Crippen LogP contribution in [0.4, 0.5) is 0 Å². The first-order valence-electron chi connectivity index (χ1n) is 7.87. The monoisotopic (exact) mass is 379 g/mol. The number of hydrogen-bond donors (Lipinski definition) is 4. The van der Waals surface area contributed by atoms with Crippen molar-refractivity contribution < 1.29 is 14.7 Å². The number of carbonyl (C=O) groups is 2. The minimum absolute atomic E-state index is 0.305. The normalized spacial score (nSPS) is 27.8. The first kappa shape index (κ1) is 18.2. The summed E-state index contributed by atoms with van der Waals surface area (Å²) in [5, 5.41) is 16.7. The summed E-state index contributed by atoms with van der Waals surface area (Å²) in [4.78, 5) is 26.4. The number of aliphatic hydroxyl groups is 1. The largest absolute Gasteiger partial charge is 0.389 e. The Labute approximate surface area is 154 Å². The Balaban J connectivity index is 1.96. The van der Waals surface area contributed by atoms with Crippen LogP contribution < -0.4 is 10.6 Å². The van der Waals surface area contributed by atoms with E-state index in [9.17, 15) is 14.7 Å². The molecule has 0 spiro atoms. The molecule has 8 heteroatoms. The van der Waals surface area contributed by atoms with E-state index in [1.54, 1.807) is 12.5 Å². The Morgan fingerprint density at radius 1 is 1.12 bits per heavy atom. The molecule has 3 atom stereocenters. The standard InChI is InChI=1S/C17H21N3O3S2/c1-10(21)17(25-3)15(23)19-16(24-2,14(22)20-17)8-11-9-18-13-7-5-4-6-12(11)13/h4-7,9-10,18,21H,8H2,1-3H3,(H,19,23)(H,20,22)/t10-,16+,17+/m1/s1. The average Bonchev–Trinajstić information content (AvgIpc) is 3.00. The van der Waals surface area contributed by atoms with Gasteiger partial charge < -0.3 is 20.7 Å². The summed E-state index contributed by atoms with van der Waals surface area (Å²) in [5.74, 6) is -0.691. The molecule has 4 N–H and O–H groups in total. The third-order valence-corrected chi connectivity index (χ3v) is 7.09. The van der Waals surface area contributed by atoms with Gasteiger partial charge in [-0.2, -0.15) is 0 Å². The molecule has 2 amide bonds. The van der Waals surface area contributed by atoms with Crippen LogP contribution in [-0.2, 0) is 16.0 Å². The first-order valence-corrected chi connectivity index (χ1v) is 10.3. The van der Waals surface area contributed by atoms with Gasteiger partial charge in [-0.1, -0.05) is 18.2 Å². The topological polar surface area (TPSA) is 94.2 Å². The highest BCUT2D eigenvalue weighted by Crippen LogP contribution is 2.36. The number of nitrogens with one attached hydrogen (secondary N) is 3. The maximum atomic E-state index is 13.0. The number of fused-ring (bicyclic) bond motifs is 1. The van der Waals surface area contributed by atoms with Gasteiger partial charge in [0.15, 0.2) is 9.74 Å². The second-order valence-electron chi connectivity index (χ2n) is 6.09. The van der Waals surface area contributed by atoms with E-state index in [4.69, 9.17) is 0 Å². The molecule has 25 heavy (non-hydrogen) atoms. The molecule has 0 aliphatic carbocycles. The number of benzene rings is 1. The van der Waals surface area contributed by atoms with Crippen molar-refractivity contribution in [3.8, 4) is 0 Å². The highest BCUT2D eigenvalue weighted by molar-refractivity contribution is 8.01. The number of carbonyl (C=O) groups excluding carboxylic acids is 2. The zero-order valence-electron chi connectivity index (χ0n) is 14.3. The molecular formula is C17H21N3O3S2. The molecule has 2 aromatic rings. The van der Waals surface area contributed by atoms with Crippen LogP contribution in [0.15, 0.2) is 30.5 Å². The Bertz CT molecular complexity index is 822. The van der Waals surface area contributed by atoms with Gasteiger partial charge in [-0.15, -0.1) is 23.5 Å². The van der Waals surface area contributed by atoms with Gasteiger partial charge in [-0.25, -0.2) is 0 Å². The van der Waals surface area contributed by atoms with E-state index in [2.05, 4.69) is 15.6 Å². The summed E-state index contributed by atoms with van der Waals surface area (Å²) in [6, 6.07) is 7.84. The quantitative estimate of drug-likeness (QED) is 0.631. The van der Waals surface area contributed by atoms with Gasteiger partial charge in [-0.05, 0) is 31.1 Å². The van der Waals surface area contributed by atoms with E-state index in [0.29, 0.717) is 6.42 Å². The maximum Gasteiger partial charge on any atom is 0.260 e. The van der Waals surface area contributed by atoms with Crippen molar-refractivity contribution in [1.82, 2.24) is 15.6 Å². The van der Waals surface area contributed by atoms with Crippen LogP contribution in [0.3, 0.4) is 0 Å².